The fourth-order valence-electron chi connectivity index (χ4n) is 8.41. The number of piperazine rings is 1. The molecule has 3 aromatic carbocycles. The van der Waals surface area contributed by atoms with Crippen LogP contribution in [0.1, 0.15) is 31.2 Å². The van der Waals surface area contributed by atoms with Gasteiger partial charge in [-0.25, -0.2) is 13.2 Å². The zero-order valence-electron chi connectivity index (χ0n) is 24.3. The van der Waals surface area contributed by atoms with Crippen LogP contribution in [0.25, 0.3) is 32.8 Å². The molecule has 8 nitrogen and oxygen atoms in total. The molecule has 7 heterocycles. The number of hydrogen-bond donors (Lipinski definition) is 2. The van der Waals surface area contributed by atoms with E-state index in [9.17, 15) is 13.9 Å². The van der Waals surface area contributed by atoms with E-state index in [0.29, 0.717) is 53.8 Å². The van der Waals surface area contributed by atoms with Crippen molar-refractivity contribution in [2.45, 2.75) is 55.5 Å². The summed E-state index contributed by atoms with van der Waals surface area (Å²) in [6.07, 6.45) is 7.97. The van der Waals surface area contributed by atoms with E-state index in [2.05, 4.69) is 26.0 Å². The molecule has 0 saturated carbocycles. The lowest BCUT2D eigenvalue weighted by atomic mass is 9.84. The average molecular weight is 614 g/mol. The lowest BCUT2D eigenvalue weighted by Crippen LogP contribution is -2.73. The van der Waals surface area contributed by atoms with Crippen molar-refractivity contribution in [3.63, 3.8) is 0 Å². The van der Waals surface area contributed by atoms with Gasteiger partial charge in [0.05, 0.1) is 22.5 Å². The summed E-state index contributed by atoms with van der Waals surface area (Å²) in [5, 5.41) is 15.4. The van der Waals surface area contributed by atoms with Crippen molar-refractivity contribution in [3.05, 3.63) is 47.5 Å². The molecule has 0 unspecified atom stereocenters. The van der Waals surface area contributed by atoms with Crippen molar-refractivity contribution >= 4 is 27.5 Å². The molecule has 0 radical (unpaired) electrons. The van der Waals surface area contributed by atoms with Gasteiger partial charge in [-0.15, -0.1) is 6.42 Å². The summed E-state index contributed by atoms with van der Waals surface area (Å²) in [5.41, 5.74) is -0.218. The second-order valence-corrected chi connectivity index (χ2v) is 13.0. The number of nitrogens with zero attached hydrogens (tertiary/aromatic N) is 4. The number of fused-ring (bicyclic) bond motifs is 2. The summed E-state index contributed by atoms with van der Waals surface area (Å²) in [6, 6.07) is 7.57. The van der Waals surface area contributed by atoms with Crippen LogP contribution in [0, 0.1) is 24.0 Å². The number of rotatable bonds is 4. The Labute approximate surface area is 257 Å². The number of aromatic hydroxyl groups is 1. The highest BCUT2D eigenvalue weighted by Crippen LogP contribution is 2.47. The molecule has 5 fully saturated rings. The standard InChI is InChI=1S/C34H30F3N5O3/c1-2-21-24(36)5-4-17-8-20(43)10-22(28(17)21)23-11-27-29-31(30(23)37)39-33(45-16-34-6-3-7-41(34)13-18(35)12-34)40-32(29)42-14-19-9-25(38-19)26(42)15-44-27/h1,4-5,8,10-11,18-19,25-26,38,43H,3,6-7,9,12-16H2/t18-,19-,25+,26-,34+/m1/s1. The third kappa shape index (κ3) is 3.95. The molecule has 2 bridgehead atoms. The molecular weight excluding hydrogens is 583 g/mol. The van der Waals surface area contributed by atoms with Gasteiger partial charge in [-0.3, -0.25) is 4.90 Å². The van der Waals surface area contributed by atoms with Gasteiger partial charge < -0.3 is 24.8 Å². The first kappa shape index (κ1) is 27.1. The minimum Gasteiger partial charge on any atom is -0.508 e. The van der Waals surface area contributed by atoms with E-state index in [1.807, 2.05) is 0 Å². The number of terminal acetylenes is 1. The van der Waals surface area contributed by atoms with Gasteiger partial charge >= 0.3 is 6.01 Å². The molecule has 45 heavy (non-hydrogen) atoms. The average Bonchev–Trinajstić information content (AvgIpc) is 3.48. The first-order chi connectivity index (χ1) is 21.8. The van der Waals surface area contributed by atoms with Crippen LogP contribution < -0.4 is 19.7 Å². The van der Waals surface area contributed by atoms with Crippen molar-refractivity contribution in [2.75, 3.05) is 37.7 Å². The fourth-order valence-corrected chi connectivity index (χ4v) is 8.41. The van der Waals surface area contributed by atoms with Gasteiger partial charge in [-0.05, 0) is 61.0 Å². The normalized spacial score (nSPS) is 28.3. The van der Waals surface area contributed by atoms with E-state index in [0.717, 1.165) is 25.8 Å². The SMILES string of the molecule is C#Cc1c(F)ccc2cc(O)cc(-c3cc4c5c(nc(OC[C@@]67CCCN6C[C@H](F)C7)nc5c3F)N3C[C@H]5C[C@H](N5)[C@H]3CO4)c12. The van der Waals surface area contributed by atoms with E-state index in [4.69, 9.17) is 20.9 Å². The Hall–Kier alpha value is -4.27. The number of anilines is 1. The number of nitrogens with one attached hydrogen (secondary N) is 1. The minimum absolute atomic E-state index is 0.00649. The summed E-state index contributed by atoms with van der Waals surface area (Å²) >= 11 is 0. The maximum atomic E-state index is 17.0. The van der Waals surface area contributed by atoms with E-state index in [-0.39, 0.29) is 58.7 Å². The zero-order valence-corrected chi connectivity index (χ0v) is 24.3. The minimum atomic E-state index is -0.918. The van der Waals surface area contributed by atoms with E-state index < -0.39 is 23.3 Å². The second-order valence-electron chi connectivity index (χ2n) is 13.0. The molecule has 0 amide bonds. The molecule has 4 aromatic rings. The van der Waals surface area contributed by atoms with Crippen LogP contribution in [0.15, 0.2) is 30.3 Å². The Morgan fingerprint density at radius 2 is 2.02 bits per heavy atom. The van der Waals surface area contributed by atoms with Gasteiger partial charge in [0.1, 0.15) is 48.0 Å². The van der Waals surface area contributed by atoms with E-state index in [1.165, 1.54) is 24.3 Å². The van der Waals surface area contributed by atoms with Crippen LogP contribution in [0.4, 0.5) is 19.0 Å². The quantitative estimate of drug-likeness (QED) is 0.321. The van der Waals surface area contributed by atoms with Crippen LogP contribution >= 0.6 is 0 Å². The Morgan fingerprint density at radius 3 is 2.87 bits per heavy atom. The molecule has 6 aliphatic rings. The number of alkyl halides is 1. The number of phenols is 1. The predicted molar refractivity (Wildman–Crippen MR) is 162 cm³/mol. The highest BCUT2D eigenvalue weighted by Gasteiger charge is 2.50. The molecule has 6 aliphatic heterocycles. The molecule has 0 aliphatic carbocycles. The topological polar surface area (TPSA) is 83.0 Å². The summed E-state index contributed by atoms with van der Waals surface area (Å²) in [4.78, 5) is 13.8. The zero-order chi connectivity index (χ0) is 30.6. The van der Waals surface area contributed by atoms with Crippen LogP contribution in [0.2, 0.25) is 0 Å². The lowest BCUT2D eigenvalue weighted by molar-refractivity contribution is 0.107. The third-order valence-electron chi connectivity index (χ3n) is 10.5. The van der Waals surface area contributed by atoms with Gasteiger partial charge in [0, 0.05) is 42.5 Å². The molecule has 10 rings (SSSR count). The van der Waals surface area contributed by atoms with Gasteiger partial charge in [0.2, 0.25) is 0 Å². The molecular formula is C34H30F3N5O3. The summed E-state index contributed by atoms with van der Waals surface area (Å²) in [7, 11) is 0. The molecule has 11 heteroatoms. The Kier molecular flexibility index (Phi) is 5.78. The van der Waals surface area contributed by atoms with Gasteiger partial charge in [0.15, 0.2) is 5.82 Å². The van der Waals surface area contributed by atoms with Crippen LogP contribution in [0.5, 0.6) is 17.5 Å². The van der Waals surface area contributed by atoms with E-state index in [1.54, 1.807) is 6.07 Å². The first-order valence-corrected chi connectivity index (χ1v) is 15.5. The number of phenolic OH excluding ortho intramolecular Hbond substituents is 1. The van der Waals surface area contributed by atoms with E-state index >= 15 is 4.39 Å². The Balaban J connectivity index is 1.24. The maximum Gasteiger partial charge on any atom is 0.319 e. The van der Waals surface area contributed by atoms with Crippen molar-refractivity contribution in [3.8, 4) is 41.0 Å². The van der Waals surface area contributed by atoms with Gasteiger partial charge in [0.25, 0.3) is 0 Å². The second kappa shape index (κ2) is 9.61. The predicted octanol–water partition coefficient (Wildman–Crippen LogP) is 4.68. The molecule has 5 saturated heterocycles. The number of benzene rings is 3. The summed E-state index contributed by atoms with van der Waals surface area (Å²) in [6.45, 7) is 2.40. The lowest BCUT2D eigenvalue weighted by Gasteiger charge is -2.53. The molecule has 5 atom stereocenters. The Bertz CT molecular complexity index is 1960. The Morgan fingerprint density at radius 1 is 1.16 bits per heavy atom. The number of aromatic nitrogens is 2. The molecule has 2 N–H and O–H groups in total. The third-order valence-corrected chi connectivity index (χ3v) is 10.5. The first-order valence-electron chi connectivity index (χ1n) is 15.5. The van der Waals surface area contributed by atoms with Crippen LogP contribution in [-0.4, -0.2) is 82.7 Å². The number of ether oxygens (including phenoxy) is 2. The maximum absolute atomic E-state index is 17.0. The van der Waals surface area contributed by atoms with Crippen LogP contribution in [0.3, 0.4) is 0 Å². The van der Waals surface area contributed by atoms with Crippen molar-refractivity contribution in [1.29, 1.82) is 0 Å². The number of halogens is 3. The summed E-state index contributed by atoms with van der Waals surface area (Å²) < 4.78 is 59.0. The molecule has 0 spiro atoms. The smallest absolute Gasteiger partial charge is 0.319 e. The fraction of sp³-hybridized carbons (Fsp3) is 0.412. The highest BCUT2D eigenvalue weighted by molar-refractivity contribution is 6.06. The molecule has 230 valence electrons. The van der Waals surface area contributed by atoms with Crippen LogP contribution in [-0.2, 0) is 0 Å². The van der Waals surface area contributed by atoms with Gasteiger partial charge in [-0.1, -0.05) is 12.0 Å². The highest BCUT2D eigenvalue weighted by atomic mass is 19.1. The van der Waals surface area contributed by atoms with Crippen molar-refractivity contribution in [1.82, 2.24) is 20.2 Å². The number of piperidine rings is 1. The number of hydrogen-bond acceptors (Lipinski definition) is 8. The summed E-state index contributed by atoms with van der Waals surface area (Å²) in [5.74, 6) is 1.85. The molecule has 1 aromatic heterocycles. The van der Waals surface area contributed by atoms with Crippen molar-refractivity contribution in [2.24, 2.45) is 0 Å². The van der Waals surface area contributed by atoms with Crippen molar-refractivity contribution < 1.29 is 27.8 Å². The largest absolute Gasteiger partial charge is 0.508 e. The monoisotopic (exact) mass is 613 g/mol. The van der Waals surface area contributed by atoms with Gasteiger partial charge in [-0.2, -0.15) is 9.97 Å².